The maximum absolute atomic E-state index is 11.2. The molecule has 14 heavy (non-hydrogen) atoms. The minimum atomic E-state index is 0.0925. The van der Waals surface area contributed by atoms with Gasteiger partial charge >= 0.3 is 0 Å². The van der Waals surface area contributed by atoms with E-state index in [1.165, 1.54) is 0 Å². The van der Waals surface area contributed by atoms with E-state index in [-0.39, 0.29) is 5.91 Å². The molecule has 0 unspecified atom stereocenters. The van der Waals surface area contributed by atoms with Crippen molar-refractivity contribution in [3.63, 3.8) is 0 Å². The van der Waals surface area contributed by atoms with E-state index in [1.54, 1.807) is 0 Å². The van der Waals surface area contributed by atoms with Gasteiger partial charge in [-0.15, -0.1) is 0 Å². The van der Waals surface area contributed by atoms with Gasteiger partial charge in [-0.1, -0.05) is 19.1 Å². The van der Waals surface area contributed by atoms with Gasteiger partial charge in [-0.05, 0) is 24.1 Å². The van der Waals surface area contributed by atoms with Crippen molar-refractivity contribution in [1.82, 2.24) is 5.32 Å². The predicted molar refractivity (Wildman–Crippen MR) is 57.6 cm³/mol. The third-order valence-corrected chi connectivity index (χ3v) is 1.92. The van der Waals surface area contributed by atoms with E-state index in [2.05, 4.69) is 5.32 Å². The van der Waals surface area contributed by atoms with Crippen LogP contribution >= 0.6 is 0 Å². The second-order valence-corrected chi connectivity index (χ2v) is 3.27. The minimum Gasteiger partial charge on any atom is -0.399 e. The first-order valence-electron chi connectivity index (χ1n) is 4.83. The van der Waals surface area contributed by atoms with Crippen LogP contribution in [0.4, 0.5) is 5.69 Å². The summed E-state index contributed by atoms with van der Waals surface area (Å²) < 4.78 is 0. The highest BCUT2D eigenvalue weighted by Gasteiger charge is 1.98. The zero-order valence-corrected chi connectivity index (χ0v) is 8.42. The van der Waals surface area contributed by atoms with Gasteiger partial charge in [0.25, 0.3) is 0 Å². The Kier molecular flexibility index (Phi) is 3.98. The van der Waals surface area contributed by atoms with Crippen LogP contribution in [0.1, 0.15) is 25.3 Å². The quantitative estimate of drug-likeness (QED) is 0.713. The lowest BCUT2D eigenvalue weighted by Gasteiger charge is -2.04. The van der Waals surface area contributed by atoms with Crippen LogP contribution < -0.4 is 11.1 Å². The molecule has 3 nitrogen and oxygen atoms in total. The summed E-state index contributed by atoms with van der Waals surface area (Å²) in [7, 11) is 0. The van der Waals surface area contributed by atoms with Crippen LogP contribution in [0.2, 0.25) is 0 Å². The van der Waals surface area contributed by atoms with Crippen molar-refractivity contribution in [2.45, 2.75) is 26.3 Å². The monoisotopic (exact) mass is 192 g/mol. The number of nitrogens with one attached hydrogen (secondary N) is 1. The summed E-state index contributed by atoms with van der Waals surface area (Å²) in [6, 6.07) is 7.53. The molecule has 0 heterocycles. The van der Waals surface area contributed by atoms with Crippen molar-refractivity contribution in [3.8, 4) is 0 Å². The fourth-order valence-corrected chi connectivity index (χ4v) is 1.22. The molecule has 76 valence electrons. The number of carbonyl (C=O) groups excluding carboxylic acids is 1. The summed E-state index contributed by atoms with van der Waals surface area (Å²) in [4.78, 5) is 11.2. The predicted octanol–water partition coefficient (Wildman–Crippen LogP) is 1.69. The van der Waals surface area contributed by atoms with Crippen LogP contribution in [0.3, 0.4) is 0 Å². The molecule has 3 heteroatoms. The molecule has 1 rings (SSSR count). The van der Waals surface area contributed by atoms with E-state index in [0.29, 0.717) is 13.0 Å². The maximum atomic E-state index is 11.2. The van der Waals surface area contributed by atoms with E-state index in [4.69, 9.17) is 5.73 Å². The Balaban J connectivity index is 2.41. The number of nitrogen functional groups attached to an aromatic ring is 1. The highest BCUT2D eigenvalue weighted by atomic mass is 16.1. The molecule has 0 aromatic heterocycles. The molecule has 0 atom stereocenters. The Hall–Kier alpha value is -1.51. The summed E-state index contributed by atoms with van der Waals surface area (Å²) in [6.07, 6.45) is 1.46. The van der Waals surface area contributed by atoms with Gasteiger partial charge in [0, 0.05) is 18.7 Å². The molecule has 0 aliphatic heterocycles. The highest BCUT2D eigenvalue weighted by Crippen LogP contribution is 2.05. The highest BCUT2D eigenvalue weighted by molar-refractivity contribution is 5.75. The summed E-state index contributed by atoms with van der Waals surface area (Å²) in [5, 5.41) is 2.83. The zero-order chi connectivity index (χ0) is 10.4. The van der Waals surface area contributed by atoms with Gasteiger partial charge in [-0.25, -0.2) is 0 Å². The van der Waals surface area contributed by atoms with Gasteiger partial charge < -0.3 is 11.1 Å². The van der Waals surface area contributed by atoms with Crippen LogP contribution in [-0.4, -0.2) is 5.91 Å². The molecule has 0 aliphatic carbocycles. The first-order chi connectivity index (χ1) is 6.72. The molecular weight excluding hydrogens is 176 g/mol. The second-order valence-electron chi connectivity index (χ2n) is 3.27. The van der Waals surface area contributed by atoms with Crippen LogP contribution in [0.5, 0.6) is 0 Å². The molecule has 0 bridgehead atoms. The van der Waals surface area contributed by atoms with Crippen molar-refractivity contribution in [2.75, 3.05) is 5.73 Å². The smallest absolute Gasteiger partial charge is 0.220 e. The van der Waals surface area contributed by atoms with Crippen molar-refractivity contribution in [3.05, 3.63) is 29.8 Å². The van der Waals surface area contributed by atoms with Gasteiger partial charge in [-0.3, -0.25) is 4.79 Å². The third kappa shape index (κ3) is 3.47. The maximum Gasteiger partial charge on any atom is 0.220 e. The van der Waals surface area contributed by atoms with Crippen LogP contribution in [0.15, 0.2) is 24.3 Å². The van der Waals surface area contributed by atoms with Gasteiger partial charge in [0.1, 0.15) is 0 Å². The summed E-state index contributed by atoms with van der Waals surface area (Å²) in [5.41, 5.74) is 7.38. The Labute approximate surface area is 84.3 Å². The SMILES string of the molecule is CCCC(=O)NCc1cccc(N)c1. The molecule has 0 fully saturated rings. The molecule has 0 aliphatic rings. The lowest BCUT2D eigenvalue weighted by Crippen LogP contribution is -2.22. The molecule has 0 saturated heterocycles. The molecular formula is C11H16N2O. The summed E-state index contributed by atoms with van der Waals surface area (Å²) in [5.74, 6) is 0.0925. The Morgan fingerprint density at radius 1 is 1.50 bits per heavy atom. The van der Waals surface area contributed by atoms with Crippen molar-refractivity contribution in [1.29, 1.82) is 0 Å². The number of carbonyl (C=O) groups is 1. The number of anilines is 1. The molecule has 1 aromatic carbocycles. The van der Waals surface area contributed by atoms with E-state index in [1.807, 2.05) is 31.2 Å². The first-order valence-corrected chi connectivity index (χ1v) is 4.83. The number of benzene rings is 1. The van der Waals surface area contributed by atoms with Crippen molar-refractivity contribution in [2.24, 2.45) is 0 Å². The molecule has 0 radical (unpaired) electrons. The Morgan fingerprint density at radius 2 is 2.29 bits per heavy atom. The van der Waals surface area contributed by atoms with Crippen LogP contribution in [0.25, 0.3) is 0 Å². The average molecular weight is 192 g/mol. The number of hydrogen-bond donors (Lipinski definition) is 2. The van der Waals surface area contributed by atoms with E-state index in [9.17, 15) is 4.79 Å². The third-order valence-electron chi connectivity index (χ3n) is 1.92. The fourth-order valence-electron chi connectivity index (χ4n) is 1.22. The lowest BCUT2D eigenvalue weighted by atomic mass is 10.2. The molecule has 1 amide bonds. The fraction of sp³-hybridized carbons (Fsp3) is 0.364. The summed E-state index contributed by atoms with van der Waals surface area (Å²) in [6.45, 7) is 2.55. The van der Waals surface area contributed by atoms with Crippen molar-refractivity contribution < 1.29 is 4.79 Å². The number of rotatable bonds is 4. The first kappa shape index (κ1) is 10.6. The Bertz CT molecular complexity index is 310. The minimum absolute atomic E-state index is 0.0925. The number of amides is 1. The van der Waals surface area contributed by atoms with Gasteiger partial charge in [0.05, 0.1) is 0 Å². The van der Waals surface area contributed by atoms with Gasteiger partial charge in [-0.2, -0.15) is 0 Å². The van der Waals surface area contributed by atoms with Gasteiger partial charge in [0.15, 0.2) is 0 Å². The molecule has 0 saturated carbocycles. The standard InChI is InChI=1S/C11H16N2O/c1-2-4-11(14)13-8-9-5-3-6-10(12)7-9/h3,5-7H,2,4,8,12H2,1H3,(H,13,14). The van der Waals surface area contributed by atoms with E-state index >= 15 is 0 Å². The normalized spacial score (nSPS) is 9.79. The summed E-state index contributed by atoms with van der Waals surface area (Å²) >= 11 is 0. The largest absolute Gasteiger partial charge is 0.399 e. The molecule has 1 aromatic rings. The van der Waals surface area contributed by atoms with Gasteiger partial charge in [0.2, 0.25) is 5.91 Å². The lowest BCUT2D eigenvalue weighted by molar-refractivity contribution is -0.121. The van der Waals surface area contributed by atoms with Crippen LogP contribution in [-0.2, 0) is 11.3 Å². The topological polar surface area (TPSA) is 55.1 Å². The number of hydrogen-bond acceptors (Lipinski definition) is 2. The Morgan fingerprint density at radius 3 is 2.93 bits per heavy atom. The second kappa shape index (κ2) is 5.27. The van der Waals surface area contributed by atoms with Crippen LogP contribution in [0, 0.1) is 0 Å². The number of nitrogens with two attached hydrogens (primary N) is 1. The molecule has 3 N–H and O–H groups in total. The zero-order valence-electron chi connectivity index (χ0n) is 8.42. The van der Waals surface area contributed by atoms with E-state index in [0.717, 1.165) is 17.7 Å². The van der Waals surface area contributed by atoms with Crippen molar-refractivity contribution >= 4 is 11.6 Å². The van der Waals surface area contributed by atoms with E-state index < -0.39 is 0 Å². The molecule has 0 spiro atoms. The average Bonchev–Trinajstić information content (AvgIpc) is 2.15.